The Bertz CT molecular complexity index is 1530. The molecular formula is C23H17BrF3N7O3. The highest BCUT2D eigenvalue weighted by atomic mass is 79.9. The summed E-state index contributed by atoms with van der Waals surface area (Å²) in [4.78, 5) is 14.4. The molecule has 10 nitrogen and oxygen atoms in total. The zero-order valence-electron chi connectivity index (χ0n) is 19.3. The van der Waals surface area contributed by atoms with Crippen molar-refractivity contribution in [3.8, 4) is 17.5 Å². The number of alkyl halides is 2. The van der Waals surface area contributed by atoms with Crippen molar-refractivity contribution < 1.29 is 22.8 Å². The predicted molar refractivity (Wildman–Crippen MR) is 127 cm³/mol. The van der Waals surface area contributed by atoms with Gasteiger partial charge in [0, 0.05) is 30.8 Å². The molecule has 3 aromatic heterocycles. The van der Waals surface area contributed by atoms with Crippen LogP contribution in [0, 0.1) is 27.3 Å². The SMILES string of the molecule is C[C@@H](Oc1cc(Br)cnc1[N+](=O)[O-])c1cc(F)ccc1-n1nc(C(F)F)cc1Cc1cc(C#N)nn1C. The van der Waals surface area contributed by atoms with Crippen molar-refractivity contribution in [2.24, 2.45) is 7.05 Å². The monoisotopic (exact) mass is 575 g/mol. The van der Waals surface area contributed by atoms with Gasteiger partial charge in [0.25, 0.3) is 6.43 Å². The maximum absolute atomic E-state index is 14.3. The number of rotatable bonds is 8. The van der Waals surface area contributed by atoms with Crippen LogP contribution in [0.2, 0.25) is 0 Å². The van der Waals surface area contributed by atoms with Crippen LogP contribution in [0.1, 0.15) is 47.8 Å². The normalized spacial score (nSPS) is 11.9. The van der Waals surface area contributed by atoms with E-state index in [-0.39, 0.29) is 29.1 Å². The summed E-state index contributed by atoms with van der Waals surface area (Å²) in [5, 5.41) is 28.6. The number of aromatic nitrogens is 5. The highest BCUT2D eigenvalue weighted by Gasteiger charge is 2.25. The molecule has 0 amide bonds. The number of nitrogens with zero attached hydrogens (tertiary/aromatic N) is 7. The van der Waals surface area contributed by atoms with Gasteiger partial charge in [0.2, 0.25) is 5.75 Å². The van der Waals surface area contributed by atoms with E-state index >= 15 is 0 Å². The molecule has 0 radical (unpaired) electrons. The number of aryl methyl sites for hydroxylation is 1. The van der Waals surface area contributed by atoms with Crippen LogP contribution in [0.25, 0.3) is 5.69 Å². The Kier molecular flexibility index (Phi) is 7.25. The van der Waals surface area contributed by atoms with E-state index in [4.69, 9.17) is 10.00 Å². The molecule has 37 heavy (non-hydrogen) atoms. The first-order chi connectivity index (χ1) is 17.6. The number of hydrogen-bond acceptors (Lipinski definition) is 7. The molecule has 14 heteroatoms. The van der Waals surface area contributed by atoms with Crippen LogP contribution in [-0.2, 0) is 13.5 Å². The van der Waals surface area contributed by atoms with Crippen molar-refractivity contribution in [3.05, 3.63) is 91.3 Å². The maximum Gasteiger partial charge on any atom is 0.406 e. The van der Waals surface area contributed by atoms with Gasteiger partial charge in [-0.15, -0.1) is 0 Å². The van der Waals surface area contributed by atoms with Gasteiger partial charge in [0.05, 0.1) is 15.9 Å². The third kappa shape index (κ3) is 5.46. The molecule has 0 N–H and O–H groups in total. The molecule has 4 aromatic rings. The summed E-state index contributed by atoms with van der Waals surface area (Å²) in [6.45, 7) is 1.53. The second kappa shape index (κ2) is 10.4. The highest BCUT2D eigenvalue weighted by Crippen LogP contribution is 2.34. The van der Waals surface area contributed by atoms with Gasteiger partial charge in [-0.25, -0.2) is 17.9 Å². The quantitative estimate of drug-likeness (QED) is 0.205. The largest absolute Gasteiger partial charge is 0.478 e. The van der Waals surface area contributed by atoms with Crippen LogP contribution >= 0.6 is 15.9 Å². The van der Waals surface area contributed by atoms with Crippen LogP contribution in [0.4, 0.5) is 19.0 Å². The number of nitro groups is 1. The van der Waals surface area contributed by atoms with Gasteiger partial charge < -0.3 is 14.9 Å². The molecule has 190 valence electrons. The molecule has 0 bridgehead atoms. The maximum atomic E-state index is 14.3. The lowest BCUT2D eigenvalue weighted by atomic mass is 10.1. The summed E-state index contributed by atoms with van der Waals surface area (Å²) >= 11 is 3.19. The molecule has 0 saturated carbocycles. The zero-order valence-corrected chi connectivity index (χ0v) is 20.9. The minimum atomic E-state index is -2.88. The average molecular weight is 576 g/mol. The van der Waals surface area contributed by atoms with E-state index in [2.05, 4.69) is 31.1 Å². The Morgan fingerprint density at radius 3 is 2.62 bits per heavy atom. The third-order valence-corrected chi connectivity index (χ3v) is 5.84. The summed E-state index contributed by atoms with van der Waals surface area (Å²) in [7, 11) is 1.61. The minimum Gasteiger partial charge on any atom is -0.478 e. The van der Waals surface area contributed by atoms with E-state index in [0.717, 1.165) is 12.1 Å². The van der Waals surface area contributed by atoms with Crippen LogP contribution in [0.3, 0.4) is 0 Å². The minimum absolute atomic E-state index is 0.0813. The Morgan fingerprint density at radius 2 is 1.97 bits per heavy atom. The second-order valence-electron chi connectivity index (χ2n) is 7.90. The Balaban J connectivity index is 1.80. The van der Waals surface area contributed by atoms with E-state index in [1.165, 1.54) is 46.7 Å². The summed E-state index contributed by atoms with van der Waals surface area (Å²) in [5.74, 6) is -1.35. The number of ether oxygens (including phenoxy) is 1. The molecule has 0 spiro atoms. The molecule has 0 aliphatic heterocycles. The first-order valence-corrected chi connectivity index (χ1v) is 11.4. The average Bonchev–Trinajstić information content (AvgIpc) is 3.42. The van der Waals surface area contributed by atoms with Crippen molar-refractivity contribution in [1.82, 2.24) is 24.5 Å². The van der Waals surface area contributed by atoms with Crippen molar-refractivity contribution in [2.45, 2.75) is 25.9 Å². The van der Waals surface area contributed by atoms with E-state index < -0.39 is 34.8 Å². The molecule has 0 aliphatic rings. The van der Waals surface area contributed by atoms with Gasteiger partial charge in [-0.3, -0.25) is 4.68 Å². The van der Waals surface area contributed by atoms with Crippen LogP contribution < -0.4 is 4.74 Å². The molecular weight excluding hydrogens is 559 g/mol. The fraction of sp³-hybridized carbons (Fsp3) is 0.217. The van der Waals surface area contributed by atoms with Crippen LogP contribution in [0.15, 0.2) is 47.1 Å². The number of pyridine rings is 1. The van der Waals surface area contributed by atoms with Crippen LogP contribution in [-0.4, -0.2) is 29.5 Å². The van der Waals surface area contributed by atoms with Gasteiger partial charge in [0.1, 0.15) is 23.7 Å². The predicted octanol–water partition coefficient (Wildman–Crippen LogP) is 5.35. The number of halogens is 4. The van der Waals surface area contributed by atoms with E-state index in [0.29, 0.717) is 15.9 Å². The van der Waals surface area contributed by atoms with Crippen molar-refractivity contribution in [3.63, 3.8) is 0 Å². The lowest BCUT2D eigenvalue weighted by Gasteiger charge is -2.19. The highest BCUT2D eigenvalue weighted by molar-refractivity contribution is 9.10. The number of hydrogen-bond donors (Lipinski definition) is 0. The smallest absolute Gasteiger partial charge is 0.406 e. The van der Waals surface area contributed by atoms with Crippen molar-refractivity contribution in [1.29, 1.82) is 5.26 Å². The first kappa shape index (κ1) is 25.8. The molecule has 4 rings (SSSR count). The summed E-state index contributed by atoms with van der Waals surface area (Å²) < 4.78 is 50.5. The Labute approximate surface area is 216 Å². The Morgan fingerprint density at radius 1 is 1.22 bits per heavy atom. The number of nitriles is 1. The topological polar surface area (TPSA) is 125 Å². The summed E-state index contributed by atoms with van der Waals surface area (Å²) in [6, 6.07) is 9.65. The first-order valence-electron chi connectivity index (χ1n) is 10.6. The summed E-state index contributed by atoms with van der Waals surface area (Å²) in [6.07, 6.45) is -2.54. The molecule has 0 saturated heterocycles. The second-order valence-corrected chi connectivity index (χ2v) is 8.82. The molecule has 0 unspecified atom stereocenters. The fourth-order valence-electron chi connectivity index (χ4n) is 3.73. The molecule has 0 aliphatic carbocycles. The Hall–Kier alpha value is -4.25. The fourth-order valence-corrected chi connectivity index (χ4v) is 4.04. The van der Waals surface area contributed by atoms with Gasteiger partial charge in [-0.2, -0.15) is 15.5 Å². The van der Waals surface area contributed by atoms with E-state index in [1.54, 1.807) is 7.05 Å². The van der Waals surface area contributed by atoms with E-state index in [1.807, 2.05) is 6.07 Å². The summed E-state index contributed by atoms with van der Waals surface area (Å²) in [5.41, 5.74) is 0.950. The van der Waals surface area contributed by atoms with E-state index in [9.17, 15) is 23.3 Å². The molecule has 1 aromatic carbocycles. The van der Waals surface area contributed by atoms with Gasteiger partial charge in [-0.05, 0) is 63.1 Å². The standard InChI is InChI=1S/C23H17BrF3N7O3/c1-12(37-21-5-13(24)11-29-23(21)34(35)36)18-6-14(25)3-4-20(18)33-17(9-19(31-33)22(26)27)8-16-7-15(10-28)30-32(16)2/h3-7,9,11-12,22H,8H2,1-2H3/t12-/m1/s1. The molecule has 1 atom stereocenters. The van der Waals surface area contributed by atoms with Gasteiger partial charge in [-0.1, -0.05) is 0 Å². The third-order valence-electron chi connectivity index (χ3n) is 5.41. The molecule has 3 heterocycles. The van der Waals surface area contributed by atoms with Gasteiger partial charge >= 0.3 is 5.82 Å². The lowest BCUT2D eigenvalue weighted by molar-refractivity contribution is -0.390. The van der Waals surface area contributed by atoms with Gasteiger partial charge in [0.15, 0.2) is 11.9 Å². The zero-order chi connectivity index (χ0) is 26.9. The van der Waals surface area contributed by atoms with Crippen LogP contribution in [0.5, 0.6) is 5.75 Å². The lowest BCUT2D eigenvalue weighted by Crippen LogP contribution is -2.13. The van der Waals surface area contributed by atoms with Crippen molar-refractivity contribution in [2.75, 3.05) is 0 Å². The number of benzene rings is 1. The van der Waals surface area contributed by atoms with Crippen molar-refractivity contribution >= 4 is 21.7 Å². The molecule has 0 fully saturated rings.